The van der Waals surface area contributed by atoms with Crippen molar-refractivity contribution in [2.45, 2.75) is 13.5 Å². The Morgan fingerprint density at radius 3 is 2.28 bits per heavy atom. The molecular weight excluding hydrogens is 421 g/mol. The van der Waals surface area contributed by atoms with E-state index in [1.165, 1.54) is 0 Å². The molecule has 158 valence electrons. The first-order valence-electron chi connectivity index (χ1n) is 8.60. The van der Waals surface area contributed by atoms with Crippen LogP contribution in [0.4, 0.5) is 27.8 Å². The number of anilines is 1. The van der Waals surface area contributed by atoms with E-state index in [-0.39, 0.29) is 10.7 Å². The second-order valence-electron chi connectivity index (χ2n) is 5.99. The fourth-order valence-electron chi connectivity index (χ4n) is 2.62. The Morgan fingerprint density at radius 2 is 1.69 bits per heavy atom. The summed E-state index contributed by atoms with van der Waals surface area (Å²) in [7, 11) is 0. The van der Waals surface area contributed by atoms with Crippen molar-refractivity contribution < 1.29 is 36.2 Å². The SMILES string of the molecule is CCNc1nc(CN2CCOCC2)sc1C(=O)Oc1c(F)c(F)c(F)c(F)c1F. The lowest BCUT2D eigenvalue weighted by atomic mass is 10.2. The van der Waals surface area contributed by atoms with Crippen molar-refractivity contribution in [2.75, 3.05) is 38.2 Å². The van der Waals surface area contributed by atoms with Crippen LogP contribution in [0.1, 0.15) is 21.6 Å². The molecular formula is C17H16F5N3O3S. The second kappa shape index (κ2) is 9.01. The standard InChI is InChI=1S/C17H16F5N3O3S/c1-2-23-16-15(29-8(24-16)7-25-3-5-27-6-4-25)17(26)28-14-12(21)10(19)9(18)11(20)13(14)22/h23H,2-7H2,1H3. The first-order valence-corrected chi connectivity index (χ1v) is 9.42. The number of nitrogens with one attached hydrogen (secondary N) is 1. The van der Waals surface area contributed by atoms with Gasteiger partial charge >= 0.3 is 5.97 Å². The molecule has 0 atom stereocenters. The maximum atomic E-state index is 13.8. The number of aromatic nitrogens is 1. The van der Waals surface area contributed by atoms with E-state index in [0.29, 0.717) is 44.4 Å². The number of rotatable bonds is 6. The smallest absolute Gasteiger partial charge is 0.357 e. The molecule has 0 bridgehead atoms. The zero-order chi connectivity index (χ0) is 21.1. The average molecular weight is 437 g/mol. The summed E-state index contributed by atoms with van der Waals surface area (Å²) in [5.74, 6) is -14.0. The number of hydrogen-bond acceptors (Lipinski definition) is 7. The Balaban J connectivity index is 1.87. The molecule has 0 spiro atoms. The summed E-state index contributed by atoms with van der Waals surface area (Å²) < 4.78 is 77.2. The normalized spacial score (nSPS) is 14.8. The topological polar surface area (TPSA) is 63.7 Å². The van der Waals surface area contributed by atoms with Gasteiger partial charge in [-0.15, -0.1) is 11.3 Å². The van der Waals surface area contributed by atoms with Gasteiger partial charge in [0.2, 0.25) is 34.8 Å². The molecule has 1 fully saturated rings. The van der Waals surface area contributed by atoms with E-state index in [9.17, 15) is 26.7 Å². The molecule has 1 saturated heterocycles. The van der Waals surface area contributed by atoms with E-state index in [0.717, 1.165) is 11.3 Å². The Morgan fingerprint density at radius 1 is 1.10 bits per heavy atom. The van der Waals surface area contributed by atoms with E-state index in [1.807, 2.05) is 4.90 Å². The van der Waals surface area contributed by atoms with E-state index in [2.05, 4.69) is 15.0 Å². The maximum absolute atomic E-state index is 13.8. The highest BCUT2D eigenvalue weighted by Crippen LogP contribution is 2.32. The minimum Gasteiger partial charge on any atom is -0.416 e. The molecule has 0 saturated carbocycles. The summed E-state index contributed by atoms with van der Waals surface area (Å²) in [4.78, 5) is 18.6. The first kappa shape index (κ1) is 21.4. The highest BCUT2D eigenvalue weighted by Gasteiger charge is 2.30. The number of benzene rings is 1. The van der Waals surface area contributed by atoms with Crippen LogP contribution in [0.5, 0.6) is 5.75 Å². The zero-order valence-electron chi connectivity index (χ0n) is 15.2. The van der Waals surface area contributed by atoms with Crippen molar-refractivity contribution in [3.8, 4) is 5.75 Å². The molecule has 2 aromatic rings. The molecule has 1 aliphatic rings. The lowest BCUT2D eigenvalue weighted by molar-refractivity contribution is 0.0342. The number of thiazole rings is 1. The molecule has 3 rings (SSSR count). The highest BCUT2D eigenvalue weighted by molar-refractivity contribution is 7.14. The first-order chi connectivity index (χ1) is 13.8. The van der Waals surface area contributed by atoms with Crippen LogP contribution in [-0.4, -0.2) is 48.7 Å². The van der Waals surface area contributed by atoms with Gasteiger partial charge in [-0.1, -0.05) is 0 Å². The van der Waals surface area contributed by atoms with Gasteiger partial charge in [-0.3, -0.25) is 4.90 Å². The number of morpholine rings is 1. The third kappa shape index (κ3) is 4.49. The van der Waals surface area contributed by atoms with Crippen LogP contribution in [0.3, 0.4) is 0 Å². The van der Waals surface area contributed by atoms with Gasteiger partial charge in [0.25, 0.3) is 0 Å². The van der Waals surface area contributed by atoms with Crippen molar-refractivity contribution in [3.05, 3.63) is 39.0 Å². The minimum atomic E-state index is -2.33. The predicted octanol–water partition coefficient (Wildman–Crippen LogP) is 3.32. The van der Waals surface area contributed by atoms with Crippen LogP contribution in [-0.2, 0) is 11.3 Å². The fraction of sp³-hybridized carbons (Fsp3) is 0.412. The van der Waals surface area contributed by atoms with Crippen LogP contribution in [0.15, 0.2) is 0 Å². The molecule has 1 N–H and O–H groups in total. The van der Waals surface area contributed by atoms with Crippen LogP contribution in [0, 0.1) is 29.1 Å². The van der Waals surface area contributed by atoms with Gasteiger partial charge in [0, 0.05) is 19.6 Å². The molecule has 6 nitrogen and oxygen atoms in total. The summed E-state index contributed by atoms with van der Waals surface area (Å²) in [6.07, 6.45) is 0. The van der Waals surface area contributed by atoms with Crippen LogP contribution in [0.2, 0.25) is 0 Å². The van der Waals surface area contributed by atoms with Crippen LogP contribution in [0.25, 0.3) is 0 Å². The number of hydrogen-bond donors (Lipinski definition) is 1. The largest absolute Gasteiger partial charge is 0.416 e. The lowest BCUT2D eigenvalue weighted by Crippen LogP contribution is -2.35. The molecule has 0 amide bonds. The van der Waals surface area contributed by atoms with Crippen molar-refractivity contribution in [1.29, 1.82) is 0 Å². The third-order valence-electron chi connectivity index (χ3n) is 4.03. The highest BCUT2D eigenvalue weighted by atomic mass is 32.1. The van der Waals surface area contributed by atoms with E-state index in [1.54, 1.807) is 6.92 Å². The molecule has 0 radical (unpaired) electrons. The number of esters is 1. The van der Waals surface area contributed by atoms with Crippen molar-refractivity contribution >= 4 is 23.1 Å². The molecule has 0 aliphatic carbocycles. The van der Waals surface area contributed by atoms with Gasteiger partial charge in [-0.2, -0.15) is 8.78 Å². The summed E-state index contributed by atoms with van der Waals surface area (Å²) in [5.41, 5.74) is 0. The Labute approximate surface area is 166 Å². The van der Waals surface area contributed by atoms with Gasteiger partial charge in [-0.05, 0) is 6.92 Å². The van der Waals surface area contributed by atoms with E-state index < -0.39 is 40.8 Å². The third-order valence-corrected chi connectivity index (χ3v) is 5.05. The lowest BCUT2D eigenvalue weighted by Gasteiger charge is -2.25. The van der Waals surface area contributed by atoms with Gasteiger partial charge in [0.15, 0.2) is 10.7 Å². The number of ether oxygens (including phenoxy) is 2. The summed E-state index contributed by atoms with van der Waals surface area (Å²) in [5, 5.41) is 3.34. The fourth-order valence-corrected chi connectivity index (χ4v) is 3.58. The summed E-state index contributed by atoms with van der Waals surface area (Å²) >= 11 is 0.907. The van der Waals surface area contributed by atoms with Gasteiger partial charge < -0.3 is 14.8 Å². The van der Waals surface area contributed by atoms with Crippen molar-refractivity contribution in [2.24, 2.45) is 0 Å². The number of carbonyl (C=O) groups is 1. The quantitative estimate of drug-likeness (QED) is 0.246. The Hall–Kier alpha value is -2.31. The average Bonchev–Trinajstić information content (AvgIpc) is 3.11. The van der Waals surface area contributed by atoms with Gasteiger partial charge in [0.1, 0.15) is 5.01 Å². The van der Waals surface area contributed by atoms with Crippen molar-refractivity contribution in [1.82, 2.24) is 9.88 Å². The molecule has 1 aromatic carbocycles. The van der Waals surface area contributed by atoms with E-state index in [4.69, 9.17) is 4.74 Å². The van der Waals surface area contributed by atoms with Crippen molar-refractivity contribution in [3.63, 3.8) is 0 Å². The molecule has 2 heterocycles. The van der Waals surface area contributed by atoms with Gasteiger partial charge in [0.05, 0.1) is 19.8 Å². The Bertz CT molecular complexity index is 889. The van der Waals surface area contributed by atoms with Crippen LogP contribution < -0.4 is 10.1 Å². The molecule has 1 aliphatic heterocycles. The number of carbonyl (C=O) groups excluding carboxylic acids is 1. The molecule has 12 heteroatoms. The zero-order valence-corrected chi connectivity index (χ0v) is 16.0. The number of halogens is 5. The van der Waals surface area contributed by atoms with Gasteiger partial charge in [-0.25, -0.2) is 22.9 Å². The summed E-state index contributed by atoms with van der Waals surface area (Å²) in [6.45, 7) is 4.97. The monoisotopic (exact) mass is 437 g/mol. The molecule has 29 heavy (non-hydrogen) atoms. The minimum absolute atomic E-state index is 0.106. The molecule has 1 aromatic heterocycles. The predicted molar refractivity (Wildman–Crippen MR) is 93.6 cm³/mol. The Kier molecular flexibility index (Phi) is 6.65. The maximum Gasteiger partial charge on any atom is 0.357 e. The second-order valence-corrected chi connectivity index (χ2v) is 7.08. The van der Waals surface area contributed by atoms with Crippen LogP contribution >= 0.6 is 11.3 Å². The number of nitrogens with zero attached hydrogens (tertiary/aromatic N) is 2. The van der Waals surface area contributed by atoms with E-state index >= 15 is 0 Å². The summed E-state index contributed by atoms with van der Waals surface area (Å²) in [6, 6.07) is 0. The molecule has 0 unspecified atom stereocenters.